The van der Waals surface area contributed by atoms with Crippen LogP contribution >= 0.6 is 0 Å². The van der Waals surface area contributed by atoms with E-state index in [1.54, 1.807) is 0 Å². The molecule has 0 amide bonds. The molecule has 1 unspecified atom stereocenters. The van der Waals surface area contributed by atoms with Crippen molar-refractivity contribution in [1.82, 2.24) is 10.2 Å². The zero-order valence-electron chi connectivity index (χ0n) is 9.55. The molecule has 1 heterocycles. The summed E-state index contributed by atoms with van der Waals surface area (Å²) in [6.45, 7) is 3.59. The molecule has 88 valence electrons. The van der Waals surface area contributed by atoms with Gasteiger partial charge in [-0.05, 0) is 18.8 Å². The summed E-state index contributed by atoms with van der Waals surface area (Å²) >= 11 is 0. The molecule has 0 aromatic heterocycles. The molecule has 1 saturated heterocycles. The fourth-order valence-corrected chi connectivity index (χ4v) is 3.14. The van der Waals surface area contributed by atoms with E-state index in [0.717, 1.165) is 25.6 Å². The normalized spacial score (nSPS) is 30.6. The first-order chi connectivity index (χ1) is 7.42. The maximum absolute atomic E-state index is 12.5. The Kier molecular flexibility index (Phi) is 4.39. The predicted molar refractivity (Wildman–Crippen MR) is 60.8 cm³/mol. The van der Waals surface area contributed by atoms with Gasteiger partial charge in [0.25, 0.3) is 0 Å². The third-order valence-corrected chi connectivity index (χ3v) is 3.96. The summed E-state index contributed by atoms with van der Waals surface area (Å²) in [4.78, 5) is 2.37. The number of nitrogens with zero attached hydrogens (tertiary/aromatic N) is 1. The predicted octanol–water partition coefficient (Wildman–Crippen LogP) is 1.81. The van der Waals surface area contributed by atoms with Crippen molar-refractivity contribution < 1.29 is 4.39 Å². The Hall–Kier alpha value is -0.150. The molecule has 2 fully saturated rings. The lowest BCUT2D eigenvalue weighted by atomic mass is 9.82. The van der Waals surface area contributed by atoms with E-state index in [0.29, 0.717) is 12.6 Å². The first-order valence-corrected chi connectivity index (χ1v) is 6.42. The highest BCUT2D eigenvalue weighted by Gasteiger charge is 2.30. The van der Waals surface area contributed by atoms with E-state index in [1.165, 1.54) is 32.1 Å². The van der Waals surface area contributed by atoms with Gasteiger partial charge in [0.05, 0.1) is 0 Å². The molecule has 1 aliphatic carbocycles. The van der Waals surface area contributed by atoms with Crippen molar-refractivity contribution in [1.29, 1.82) is 0 Å². The quantitative estimate of drug-likeness (QED) is 0.771. The van der Waals surface area contributed by atoms with E-state index < -0.39 is 0 Å². The molecule has 15 heavy (non-hydrogen) atoms. The standard InChI is InChI=1S/C12H23FN2/c13-6-8-15-9-7-14-10-12(15)11-4-2-1-3-5-11/h11-12,14H,1-10H2. The van der Waals surface area contributed by atoms with Crippen molar-refractivity contribution in [3.05, 3.63) is 0 Å². The SMILES string of the molecule is FCCN1CCNCC1C1CCCCC1. The van der Waals surface area contributed by atoms with Crippen LogP contribution in [0.15, 0.2) is 0 Å². The first-order valence-electron chi connectivity index (χ1n) is 6.42. The van der Waals surface area contributed by atoms with Crippen molar-refractivity contribution in [2.24, 2.45) is 5.92 Å². The van der Waals surface area contributed by atoms with Crippen LogP contribution in [0.3, 0.4) is 0 Å². The summed E-state index contributed by atoms with van der Waals surface area (Å²) in [6, 6.07) is 0.606. The van der Waals surface area contributed by atoms with Gasteiger partial charge in [-0.1, -0.05) is 19.3 Å². The fraction of sp³-hybridized carbons (Fsp3) is 1.00. The average Bonchev–Trinajstić information content (AvgIpc) is 2.31. The molecule has 1 N–H and O–H groups in total. The van der Waals surface area contributed by atoms with Gasteiger partial charge >= 0.3 is 0 Å². The number of hydrogen-bond donors (Lipinski definition) is 1. The van der Waals surface area contributed by atoms with Crippen LogP contribution in [0.25, 0.3) is 0 Å². The molecule has 1 atom stereocenters. The van der Waals surface area contributed by atoms with Crippen molar-refractivity contribution in [3.8, 4) is 0 Å². The van der Waals surface area contributed by atoms with Gasteiger partial charge in [-0.2, -0.15) is 0 Å². The summed E-state index contributed by atoms with van der Waals surface area (Å²) < 4.78 is 12.5. The highest BCUT2D eigenvalue weighted by Crippen LogP contribution is 2.29. The molecule has 0 aromatic carbocycles. The molecule has 0 bridgehead atoms. The van der Waals surface area contributed by atoms with E-state index >= 15 is 0 Å². The smallest absolute Gasteiger partial charge is 0.102 e. The van der Waals surface area contributed by atoms with Gasteiger partial charge in [0, 0.05) is 32.2 Å². The van der Waals surface area contributed by atoms with Gasteiger partial charge in [-0.25, -0.2) is 4.39 Å². The van der Waals surface area contributed by atoms with Gasteiger partial charge in [0.15, 0.2) is 0 Å². The van der Waals surface area contributed by atoms with Crippen LogP contribution in [0.2, 0.25) is 0 Å². The number of nitrogens with one attached hydrogen (secondary N) is 1. The van der Waals surface area contributed by atoms with Crippen molar-refractivity contribution in [2.75, 3.05) is 32.9 Å². The zero-order chi connectivity index (χ0) is 10.5. The topological polar surface area (TPSA) is 15.3 Å². The minimum absolute atomic E-state index is 0.191. The van der Waals surface area contributed by atoms with Crippen molar-refractivity contribution >= 4 is 0 Å². The maximum atomic E-state index is 12.5. The minimum Gasteiger partial charge on any atom is -0.314 e. The Balaban J connectivity index is 1.90. The molecule has 2 aliphatic rings. The van der Waals surface area contributed by atoms with Gasteiger partial charge in [-0.15, -0.1) is 0 Å². The van der Waals surface area contributed by atoms with Crippen LogP contribution in [0.1, 0.15) is 32.1 Å². The second kappa shape index (κ2) is 5.80. The highest BCUT2D eigenvalue weighted by molar-refractivity contribution is 4.86. The third kappa shape index (κ3) is 2.91. The number of hydrogen-bond acceptors (Lipinski definition) is 2. The Bertz CT molecular complexity index is 168. The van der Waals surface area contributed by atoms with Crippen molar-refractivity contribution in [3.63, 3.8) is 0 Å². The van der Waals surface area contributed by atoms with E-state index in [-0.39, 0.29) is 6.67 Å². The number of piperazine rings is 1. The van der Waals surface area contributed by atoms with Crippen molar-refractivity contribution in [2.45, 2.75) is 38.1 Å². The zero-order valence-corrected chi connectivity index (χ0v) is 9.55. The van der Waals surface area contributed by atoms with Crippen LogP contribution in [0.4, 0.5) is 4.39 Å². The van der Waals surface area contributed by atoms with Crippen LogP contribution in [0.5, 0.6) is 0 Å². The van der Waals surface area contributed by atoms with Gasteiger partial charge < -0.3 is 5.32 Å². The molecule has 1 saturated carbocycles. The van der Waals surface area contributed by atoms with E-state index in [9.17, 15) is 4.39 Å². The average molecular weight is 214 g/mol. The first kappa shape index (κ1) is 11.3. The molecule has 1 aliphatic heterocycles. The van der Waals surface area contributed by atoms with Gasteiger partial charge in [0.2, 0.25) is 0 Å². The fourth-order valence-electron chi connectivity index (χ4n) is 3.14. The summed E-state index contributed by atoms with van der Waals surface area (Å²) in [6.07, 6.45) is 6.87. The second-order valence-corrected chi connectivity index (χ2v) is 4.89. The Labute approximate surface area is 92.2 Å². The third-order valence-electron chi connectivity index (χ3n) is 3.96. The van der Waals surface area contributed by atoms with Crippen LogP contribution in [0, 0.1) is 5.92 Å². The largest absolute Gasteiger partial charge is 0.314 e. The Morgan fingerprint density at radius 3 is 2.73 bits per heavy atom. The summed E-state index contributed by atoms with van der Waals surface area (Å²) in [5, 5.41) is 3.46. The van der Waals surface area contributed by atoms with Gasteiger partial charge in [-0.3, -0.25) is 4.90 Å². The van der Waals surface area contributed by atoms with Crippen LogP contribution in [-0.4, -0.2) is 43.8 Å². The Morgan fingerprint density at radius 1 is 1.20 bits per heavy atom. The maximum Gasteiger partial charge on any atom is 0.102 e. The molecule has 3 heteroatoms. The number of alkyl halides is 1. The lowest BCUT2D eigenvalue weighted by Gasteiger charge is -2.41. The van der Waals surface area contributed by atoms with E-state index in [4.69, 9.17) is 0 Å². The molecule has 0 aromatic rings. The molecule has 0 spiro atoms. The molecular weight excluding hydrogens is 191 g/mol. The summed E-state index contributed by atoms with van der Waals surface area (Å²) in [5.74, 6) is 0.818. The summed E-state index contributed by atoms with van der Waals surface area (Å²) in [5.41, 5.74) is 0. The highest BCUT2D eigenvalue weighted by atomic mass is 19.1. The monoisotopic (exact) mass is 214 g/mol. The molecule has 2 rings (SSSR count). The van der Waals surface area contributed by atoms with Gasteiger partial charge in [0.1, 0.15) is 6.67 Å². The van der Waals surface area contributed by atoms with E-state index in [2.05, 4.69) is 10.2 Å². The number of halogens is 1. The summed E-state index contributed by atoms with van der Waals surface area (Å²) in [7, 11) is 0. The number of rotatable bonds is 3. The molecule has 0 radical (unpaired) electrons. The Morgan fingerprint density at radius 2 is 2.00 bits per heavy atom. The van der Waals surface area contributed by atoms with Crippen LogP contribution in [-0.2, 0) is 0 Å². The van der Waals surface area contributed by atoms with E-state index in [1.807, 2.05) is 0 Å². The lowest BCUT2D eigenvalue weighted by molar-refractivity contribution is 0.0866. The second-order valence-electron chi connectivity index (χ2n) is 4.89. The molecular formula is C12H23FN2. The van der Waals surface area contributed by atoms with Crippen LogP contribution < -0.4 is 5.32 Å². The minimum atomic E-state index is -0.191. The molecule has 2 nitrogen and oxygen atoms in total. The lowest BCUT2D eigenvalue weighted by Crippen LogP contribution is -2.55.